The Morgan fingerprint density at radius 2 is 1.97 bits per heavy atom. The zero-order valence-electron chi connectivity index (χ0n) is 17.5. The van der Waals surface area contributed by atoms with Gasteiger partial charge >= 0.3 is 5.97 Å². The Hall–Kier alpha value is -3.66. The highest BCUT2D eigenvalue weighted by Crippen LogP contribution is 2.45. The Bertz CT molecular complexity index is 1100. The van der Waals surface area contributed by atoms with Crippen molar-refractivity contribution in [2.24, 2.45) is 5.92 Å². The van der Waals surface area contributed by atoms with Crippen LogP contribution in [0.25, 0.3) is 0 Å². The molecule has 2 amide bonds. The van der Waals surface area contributed by atoms with E-state index in [1.165, 1.54) is 9.80 Å². The van der Waals surface area contributed by atoms with Crippen molar-refractivity contribution < 1.29 is 19.1 Å². The molecule has 2 aromatic carbocycles. The van der Waals surface area contributed by atoms with Gasteiger partial charge in [0.25, 0.3) is 5.91 Å². The van der Waals surface area contributed by atoms with E-state index in [0.29, 0.717) is 28.9 Å². The molecule has 2 aliphatic rings. The van der Waals surface area contributed by atoms with E-state index < -0.39 is 11.6 Å². The fourth-order valence-corrected chi connectivity index (χ4v) is 4.36. The van der Waals surface area contributed by atoms with E-state index in [1.54, 1.807) is 48.5 Å². The maximum Gasteiger partial charge on any atom is 0.354 e. The van der Waals surface area contributed by atoms with Crippen LogP contribution in [0, 0.1) is 17.2 Å². The second kappa shape index (κ2) is 7.88. The average molecular weight is 417 g/mol. The largest absolute Gasteiger partial charge is 0.458 e. The van der Waals surface area contributed by atoms with Gasteiger partial charge in [0.2, 0.25) is 11.6 Å². The van der Waals surface area contributed by atoms with Crippen LogP contribution in [0.15, 0.2) is 48.5 Å². The van der Waals surface area contributed by atoms with Crippen LogP contribution in [-0.2, 0) is 20.9 Å². The van der Waals surface area contributed by atoms with Crippen molar-refractivity contribution in [1.82, 2.24) is 4.90 Å². The third-order valence-electron chi connectivity index (χ3n) is 5.67. The number of esters is 1. The van der Waals surface area contributed by atoms with E-state index in [1.807, 2.05) is 13.8 Å². The molecule has 31 heavy (non-hydrogen) atoms. The van der Waals surface area contributed by atoms with Crippen molar-refractivity contribution >= 4 is 23.5 Å². The van der Waals surface area contributed by atoms with E-state index in [0.717, 1.165) is 0 Å². The van der Waals surface area contributed by atoms with Crippen LogP contribution in [0.3, 0.4) is 0 Å². The van der Waals surface area contributed by atoms with Crippen LogP contribution >= 0.6 is 0 Å². The zero-order chi connectivity index (χ0) is 22.2. The molecule has 0 radical (unpaired) electrons. The number of carbonyl (C=O) groups excluding carboxylic acids is 3. The van der Waals surface area contributed by atoms with Crippen molar-refractivity contribution in [3.63, 3.8) is 0 Å². The van der Waals surface area contributed by atoms with Gasteiger partial charge in [-0.1, -0.05) is 38.1 Å². The molecule has 0 spiro atoms. The lowest BCUT2D eigenvalue weighted by atomic mass is 9.95. The molecule has 2 aromatic rings. The van der Waals surface area contributed by atoms with Gasteiger partial charge in [0.1, 0.15) is 6.61 Å². The molecule has 1 atom stereocenters. The number of hydrogen-bond acceptors (Lipinski definition) is 5. The van der Waals surface area contributed by atoms with Gasteiger partial charge in [-0.3, -0.25) is 14.5 Å². The number of nitriles is 1. The van der Waals surface area contributed by atoms with Crippen LogP contribution < -0.4 is 4.90 Å². The van der Waals surface area contributed by atoms with Crippen LogP contribution in [0.2, 0.25) is 0 Å². The summed E-state index contributed by atoms with van der Waals surface area (Å²) < 4.78 is 5.66. The molecule has 1 saturated heterocycles. The number of fused-ring (bicyclic) bond motifs is 3. The lowest BCUT2D eigenvalue weighted by Gasteiger charge is -2.48. The second-order valence-electron chi connectivity index (χ2n) is 8.26. The number of anilines is 1. The predicted molar refractivity (Wildman–Crippen MR) is 113 cm³/mol. The highest BCUT2D eigenvalue weighted by Gasteiger charge is 2.61. The number of ether oxygens (including phenoxy) is 1. The lowest BCUT2D eigenvalue weighted by Crippen LogP contribution is -2.69. The second-order valence-corrected chi connectivity index (χ2v) is 8.26. The van der Waals surface area contributed by atoms with Gasteiger partial charge in [-0.15, -0.1) is 0 Å². The number of para-hydroxylation sites is 1. The van der Waals surface area contributed by atoms with Crippen molar-refractivity contribution in [1.29, 1.82) is 5.26 Å². The Balaban J connectivity index is 1.74. The summed E-state index contributed by atoms with van der Waals surface area (Å²) in [7, 11) is 0. The first-order valence-electron chi connectivity index (χ1n) is 10.3. The maximum atomic E-state index is 13.5. The quantitative estimate of drug-likeness (QED) is 0.697. The molecular formula is C24H23N3O4. The molecular weight excluding hydrogens is 394 g/mol. The van der Waals surface area contributed by atoms with Crippen LogP contribution in [-0.4, -0.2) is 34.9 Å². The van der Waals surface area contributed by atoms with Gasteiger partial charge < -0.3 is 9.64 Å². The van der Waals surface area contributed by atoms with Gasteiger partial charge in [0.15, 0.2) is 0 Å². The molecule has 2 aliphatic heterocycles. The van der Waals surface area contributed by atoms with E-state index in [4.69, 9.17) is 10.00 Å². The predicted octanol–water partition coefficient (Wildman–Crippen LogP) is 3.24. The molecule has 0 unspecified atom stereocenters. The topological polar surface area (TPSA) is 90.7 Å². The number of rotatable bonds is 5. The Morgan fingerprint density at radius 1 is 1.19 bits per heavy atom. The smallest absolute Gasteiger partial charge is 0.354 e. The molecule has 0 saturated carbocycles. The first-order valence-corrected chi connectivity index (χ1v) is 10.3. The Morgan fingerprint density at radius 3 is 2.71 bits per heavy atom. The lowest BCUT2D eigenvalue weighted by molar-refractivity contribution is -0.159. The number of hydrogen-bond donors (Lipinski definition) is 0. The van der Waals surface area contributed by atoms with Crippen LogP contribution in [0.4, 0.5) is 5.69 Å². The molecule has 4 rings (SSSR count). The minimum Gasteiger partial charge on any atom is -0.458 e. The molecule has 0 aliphatic carbocycles. The van der Waals surface area contributed by atoms with Gasteiger partial charge in [-0.25, -0.2) is 4.79 Å². The van der Waals surface area contributed by atoms with Crippen LogP contribution in [0.5, 0.6) is 0 Å². The molecule has 0 aromatic heterocycles. The van der Waals surface area contributed by atoms with Gasteiger partial charge in [-0.2, -0.15) is 5.26 Å². The maximum absolute atomic E-state index is 13.5. The normalized spacial score (nSPS) is 19.8. The first-order chi connectivity index (χ1) is 14.9. The summed E-state index contributed by atoms with van der Waals surface area (Å²) in [6.07, 6.45) is 0.324. The SMILES string of the molecule is CC(C)CN1C(=O)c2ccccc2N2C(=O)CC[C@@]12C(=O)OCc1cccc(C#N)c1. The van der Waals surface area contributed by atoms with Gasteiger partial charge in [0, 0.05) is 19.4 Å². The molecule has 2 heterocycles. The van der Waals surface area contributed by atoms with Gasteiger partial charge in [-0.05, 0) is 35.7 Å². The van der Waals surface area contributed by atoms with Crippen molar-refractivity contribution in [3.8, 4) is 6.07 Å². The summed E-state index contributed by atoms with van der Waals surface area (Å²) in [6.45, 7) is 4.18. The molecule has 0 bridgehead atoms. The molecule has 0 N–H and O–H groups in total. The molecule has 7 heteroatoms. The average Bonchev–Trinajstić information content (AvgIpc) is 3.13. The fraction of sp³-hybridized carbons (Fsp3) is 0.333. The van der Waals surface area contributed by atoms with Crippen molar-refractivity contribution in [2.45, 2.75) is 39.0 Å². The summed E-state index contributed by atoms with van der Waals surface area (Å²) in [4.78, 5) is 42.8. The summed E-state index contributed by atoms with van der Waals surface area (Å²) >= 11 is 0. The van der Waals surface area contributed by atoms with E-state index in [2.05, 4.69) is 6.07 Å². The first kappa shape index (κ1) is 20.6. The highest BCUT2D eigenvalue weighted by atomic mass is 16.5. The summed E-state index contributed by atoms with van der Waals surface area (Å²) in [6, 6.07) is 15.7. The van der Waals surface area contributed by atoms with Crippen molar-refractivity contribution in [2.75, 3.05) is 11.4 Å². The fourth-order valence-electron chi connectivity index (χ4n) is 4.36. The van der Waals surface area contributed by atoms with E-state index in [-0.39, 0.29) is 37.2 Å². The number of nitrogens with zero attached hydrogens (tertiary/aromatic N) is 3. The Labute approximate surface area is 180 Å². The number of carbonyl (C=O) groups is 3. The van der Waals surface area contributed by atoms with E-state index >= 15 is 0 Å². The number of amides is 2. The number of benzene rings is 2. The summed E-state index contributed by atoms with van der Waals surface area (Å²) in [5.41, 5.74) is 0.479. The monoisotopic (exact) mass is 417 g/mol. The summed E-state index contributed by atoms with van der Waals surface area (Å²) in [5.74, 6) is -1.04. The molecule has 158 valence electrons. The minimum atomic E-state index is -1.50. The molecule has 7 nitrogen and oxygen atoms in total. The highest BCUT2D eigenvalue weighted by molar-refractivity contribution is 6.15. The summed E-state index contributed by atoms with van der Waals surface area (Å²) in [5, 5.41) is 9.09. The third kappa shape index (κ3) is 3.34. The van der Waals surface area contributed by atoms with E-state index in [9.17, 15) is 14.4 Å². The Kier molecular flexibility index (Phi) is 5.24. The van der Waals surface area contributed by atoms with Gasteiger partial charge in [0.05, 0.1) is 22.9 Å². The minimum absolute atomic E-state index is 0.0521. The standard InChI is InChI=1S/C24H23N3O4/c1-16(2)14-26-22(29)19-8-3-4-9-20(19)27-21(28)10-11-24(26,27)23(30)31-15-18-7-5-6-17(12-18)13-25/h3-9,12,16H,10-11,14-15H2,1-2H3/t24-/m1/s1. The molecule has 1 fully saturated rings. The zero-order valence-corrected chi connectivity index (χ0v) is 17.5. The van der Waals surface area contributed by atoms with Crippen LogP contribution in [0.1, 0.15) is 48.2 Å². The van der Waals surface area contributed by atoms with Crippen molar-refractivity contribution in [3.05, 3.63) is 65.2 Å². The third-order valence-corrected chi connectivity index (χ3v) is 5.67.